The Morgan fingerprint density at radius 1 is 1.44 bits per heavy atom. The van der Waals surface area contributed by atoms with Gasteiger partial charge in [0.25, 0.3) is 0 Å². The predicted octanol–water partition coefficient (Wildman–Crippen LogP) is 1.23. The summed E-state index contributed by atoms with van der Waals surface area (Å²) in [6.07, 6.45) is 0.717. The van der Waals surface area contributed by atoms with Crippen molar-refractivity contribution in [2.75, 3.05) is 0 Å². The van der Waals surface area contributed by atoms with Crippen molar-refractivity contribution in [3.05, 3.63) is 12.2 Å². The fraction of sp³-hybridized carbons (Fsp3) is 0.429. The first-order valence-corrected chi connectivity index (χ1v) is 2.76. The van der Waals surface area contributed by atoms with Gasteiger partial charge in [0.1, 0.15) is 0 Å². The molecule has 0 aromatic carbocycles. The maximum atomic E-state index is 8.40. The van der Waals surface area contributed by atoms with Gasteiger partial charge in [-0.25, -0.2) is 0 Å². The average Bonchev–Trinajstić information content (AvgIpc) is 1.83. The summed E-state index contributed by atoms with van der Waals surface area (Å²) < 4.78 is 0. The first kappa shape index (κ1) is 5.85. The smallest absolute Gasteiger partial charge is 0.0831 e. The number of rotatable bonds is 0. The molecule has 0 radical (unpaired) electrons. The van der Waals surface area contributed by atoms with E-state index in [0.29, 0.717) is 6.42 Å². The van der Waals surface area contributed by atoms with Crippen LogP contribution in [0.3, 0.4) is 0 Å². The minimum Gasteiger partial charge on any atom is -0.198 e. The number of hydrogen-bond acceptors (Lipinski definition) is 2. The standard InChI is InChI=1S/C7H6N2/c1-5-2-6(3-8)7(5)4-9/h6-7H,1-2H2. The topological polar surface area (TPSA) is 47.6 Å². The predicted molar refractivity (Wildman–Crippen MR) is 32.0 cm³/mol. The Kier molecular flexibility index (Phi) is 1.24. The molecule has 0 amide bonds. The van der Waals surface area contributed by atoms with Crippen LogP contribution in [0.4, 0.5) is 0 Å². The summed E-state index contributed by atoms with van der Waals surface area (Å²) in [5.41, 5.74) is 0.907. The van der Waals surface area contributed by atoms with Gasteiger partial charge in [-0.05, 0) is 6.42 Å². The zero-order chi connectivity index (χ0) is 6.85. The molecular formula is C7H6N2. The second-order valence-corrected chi connectivity index (χ2v) is 2.20. The summed E-state index contributed by atoms with van der Waals surface area (Å²) in [4.78, 5) is 0. The molecule has 1 rings (SSSR count). The third kappa shape index (κ3) is 0.691. The number of nitrogens with zero attached hydrogens (tertiary/aromatic N) is 2. The zero-order valence-corrected chi connectivity index (χ0v) is 4.96. The fourth-order valence-corrected chi connectivity index (χ4v) is 0.953. The molecule has 0 aliphatic heterocycles. The summed E-state index contributed by atoms with van der Waals surface area (Å²) in [7, 11) is 0. The molecule has 2 atom stereocenters. The minimum absolute atomic E-state index is 0.0810. The van der Waals surface area contributed by atoms with E-state index < -0.39 is 0 Å². The van der Waals surface area contributed by atoms with E-state index in [2.05, 4.69) is 6.58 Å². The fourth-order valence-electron chi connectivity index (χ4n) is 0.953. The minimum atomic E-state index is -0.185. The number of allylic oxidation sites excluding steroid dienone is 1. The normalized spacial score (nSPS) is 32.0. The highest BCUT2D eigenvalue weighted by Gasteiger charge is 2.34. The molecule has 0 N–H and O–H groups in total. The number of nitriles is 2. The van der Waals surface area contributed by atoms with E-state index >= 15 is 0 Å². The van der Waals surface area contributed by atoms with Gasteiger partial charge in [0.05, 0.1) is 24.0 Å². The first-order chi connectivity index (χ1) is 4.29. The Balaban J connectivity index is 2.63. The summed E-state index contributed by atoms with van der Waals surface area (Å²) in [5.74, 6) is -0.266. The van der Waals surface area contributed by atoms with E-state index in [1.165, 1.54) is 0 Å². The van der Waals surface area contributed by atoms with Crippen LogP contribution in [0.1, 0.15) is 6.42 Å². The van der Waals surface area contributed by atoms with Crippen molar-refractivity contribution in [1.82, 2.24) is 0 Å². The van der Waals surface area contributed by atoms with Gasteiger partial charge in [-0.2, -0.15) is 10.5 Å². The highest BCUT2D eigenvalue weighted by atomic mass is 14.4. The molecule has 2 nitrogen and oxygen atoms in total. The summed E-state index contributed by atoms with van der Waals surface area (Å²) in [6, 6.07) is 4.08. The third-order valence-corrected chi connectivity index (χ3v) is 1.63. The lowest BCUT2D eigenvalue weighted by molar-refractivity contribution is 0.429. The Morgan fingerprint density at radius 3 is 2.33 bits per heavy atom. The molecule has 1 aliphatic rings. The molecule has 1 fully saturated rings. The maximum absolute atomic E-state index is 8.40. The van der Waals surface area contributed by atoms with E-state index in [1.807, 2.05) is 12.1 Å². The van der Waals surface area contributed by atoms with Crippen molar-refractivity contribution in [1.29, 1.82) is 10.5 Å². The van der Waals surface area contributed by atoms with Gasteiger partial charge in [-0.1, -0.05) is 12.2 Å². The molecule has 2 unspecified atom stereocenters. The number of hydrogen-bond donors (Lipinski definition) is 0. The van der Waals surface area contributed by atoms with E-state index in [-0.39, 0.29) is 11.8 Å². The van der Waals surface area contributed by atoms with Crippen LogP contribution >= 0.6 is 0 Å². The summed E-state index contributed by atoms with van der Waals surface area (Å²) in [5, 5.41) is 16.8. The Bertz CT molecular complexity index is 216. The van der Waals surface area contributed by atoms with Gasteiger partial charge >= 0.3 is 0 Å². The molecule has 0 aromatic rings. The van der Waals surface area contributed by atoms with Crippen molar-refractivity contribution in [2.45, 2.75) is 6.42 Å². The van der Waals surface area contributed by atoms with E-state index in [0.717, 1.165) is 5.57 Å². The van der Waals surface area contributed by atoms with Gasteiger partial charge < -0.3 is 0 Å². The Hall–Kier alpha value is -1.28. The van der Waals surface area contributed by atoms with E-state index in [1.54, 1.807) is 0 Å². The van der Waals surface area contributed by atoms with Crippen molar-refractivity contribution < 1.29 is 0 Å². The lowest BCUT2D eigenvalue weighted by atomic mass is 9.72. The van der Waals surface area contributed by atoms with Crippen molar-refractivity contribution in [2.24, 2.45) is 11.8 Å². The van der Waals surface area contributed by atoms with Gasteiger partial charge in [0.2, 0.25) is 0 Å². The van der Waals surface area contributed by atoms with Gasteiger partial charge in [0, 0.05) is 0 Å². The van der Waals surface area contributed by atoms with Crippen molar-refractivity contribution >= 4 is 0 Å². The maximum Gasteiger partial charge on any atom is 0.0831 e. The first-order valence-electron chi connectivity index (χ1n) is 2.76. The van der Waals surface area contributed by atoms with Gasteiger partial charge in [-0.15, -0.1) is 0 Å². The summed E-state index contributed by atoms with van der Waals surface area (Å²) >= 11 is 0. The van der Waals surface area contributed by atoms with Crippen molar-refractivity contribution in [3.8, 4) is 12.1 Å². The molecule has 0 heterocycles. The third-order valence-electron chi connectivity index (χ3n) is 1.63. The Labute approximate surface area is 54.0 Å². The van der Waals surface area contributed by atoms with Gasteiger partial charge in [-0.3, -0.25) is 0 Å². The quantitative estimate of drug-likeness (QED) is 0.449. The molecule has 0 aromatic heterocycles. The van der Waals surface area contributed by atoms with E-state index in [4.69, 9.17) is 10.5 Å². The monoisotopic (exact) mass is 118 g/mol. The summed E-state index contributed by atoms with van der Waals surface area (Å²) in [6.45, 7) is 3.64. The molecule has 2 heteroatoms. The van der Waals surface area contributed by atoms with Crippen LogP contribution in [-0.2, 0) is 0 Å². The molecule has 0 saturated heterocycles. The molecule has 0 bridgehead atoms. The molecule has 44 valence electrons. The van der Waals surface area contributed by atoms with Crippen LogP contribution in [0.25, 0.3) is 0 Å². The molecule has 1 aliphatic carbocycles. The second kappa shape index (κ2) is 1.91. The molecular weight excluding hydrogens is 112 g/mol. The van der Waals surface area contributed by atoms with Gasteiger partial charge in [0.15, 0.2) is 0 Å². The lowest BCUT2D eigenvalue weighted by Gasteiger charge is -2.27. The zero-order valence-electron chi connectivity index (χ0n) is 4.96. The lowest BCUT2D eigenvalue weighted by Crippen LogP contribution is -2.25. The second-order valence-electron chi connectivity index (χ2n) is 2.20. The average molecular weight is 118 g/mol. The van der Waals surface area contributed by atoms with Crippen molar-refractivity contribution in [3.63, 3.8) is 0 Å². The molecule has 0 spiro atoms. The highest BCUT2D eigenvalue weighted by molar-refractivity contribution is 5.26. The van der Waals surface area contributed by atoms with Crippen LogP contribution in [-0.4, -0.2) is 0 Å². The highest BCUT2D eigenvalue weighted by Crippen LogP contribution is 2.37. The SMILES string of the molecule is C=C1CC(C#N)C1C#N. The van der Waals surface area contributed by atoms with Crippen LogP contribution in [0.5, 0.6) is 0 Å². The molecule has 9 heavy (non-hydrogen) atoms. The van der Waals surface area contributed by atoms with Crippen LogP contribution in [0, 0.1) is 34.5 Å². The molecule has 1 saturated carbocycles. The van der Waals surface area contributed by atoms with E-state index in [9.17, 15) is 0 Å². The van der Waals surface area contributed by atoms with Crippen LogP contribution < -0.4 is 0 Å². The van der Waals surface area contributed by atoms with Crippen LogP contribution in [0.2, 0.25) is 0 Å². The largest absolute Gasteiger partial charge is 0.198 e. The van der Waals surface area contributed by atoms with Crippen LogP contribution in [0.15, 0.2) is 12.2 Å². The Morgan fingerprint density at radius 2 is 2.11 bits per heavy atom.